The van der Waals surface area contributed by atoms with Gasteiger partial charge in [-0.2, -0.15) is 0 Å². The van der Waals surface area contributed by atoms with Crippen LogP contribution in [-0.4, -0.2) is 20.1 Å². The minimum atomic E-state index is -0.590. The second kappa shape index (κ2) is 5.05. The molecule has 4 nitrogen and oxygen atoms in total. The minimum Gasteiger partial charge on any atom is -0.497 e. The van der Waals surface area contributed by atoms with Crippen molar-refractivity contribution in [2.45, 2.75) is 0 Å². The predicted octanol–water partition coefficient (Wildman–Crippen LogP) is 1.17. The van der Waals surface area contributed by atoms with Crippen molar-refractivity contribution in [1.82, 2.24) is 0 Å². The van der Waals surface area contributed by atoms with Crippen LogP contribution in [0.1, 0.15) is 5.56 Å². The van der Waals surface area contributed by atoms with Crippen LogP contribution in [0.3, 0.4) is 0 Å². The van der Waals surface area contributed by atoms with Gasteiger partial charge in [-0.3, -0.25) is 4.79 Å². The van der Waals surface area contributed by atoms with Crippen molar-refractivity contribution < 1.29 is 14.3 Å². The van der Waals surface area contributed by atoms with Gasteiger partial charge in [0.1, 0.15) is 5.75 Å². The highest BCUT2D eigenvalue weighted by Crippen LogP contribution is 2.13. The lowest BCUT2D eigenvalue weighted by Gasteiger charge is -2.02. The lowest BCUT2D eigenvalue weighted by molar-refractivity contribution is -0.117. The molecular weight excluding hydrogens is 194 g/mol. The molecule has 0 aromatic heterocycles. The molecule has 1 aromatic rings. The van der Waals surface area contributed by atoms with E-state index in [4.69, 9.17) is 15.2 Å². The van der Waals surface area contributed by atoms with Gasteiger partial charge in [0.05, 0.1) is 14.2 Å². The molecule has 0 bridgehead atoms. The van der Waals surface area contributed by atoms with Crippen LogP contribution < -0.4 is 10.5 Å². The molecule has 0 spiro atoms. The fraction of sp³-hybridized carbons (Fsp3) is 0.182. The van der Waals surface area contributed by atoms with Gasteiger partial charge >= 0.3 is 0 Å². The summed E-state index contributed by atoms with van der Waals surface area (Å²) in [7, 11) is 2.99. The Hall–Kier alpha value is -1.97. The van der Waals surface area contributed by atoms with Gasteiger partial charge in [-0.05, 0) is 23.8 Å². The first-order valence-corrected chi connectivity index (χ1v) is 4.37. The molecule has 15 heavy (non-hydrogen) atoms. The summed E-state index contributed by atoms with van der Waals surface area (Å²) < 4.78 is 9.83. The smallest absolute Gasteiger partial charge is 0.283 e. The predicted molar refractivity (Wildman–Crippen MR) is 57.2 cm³/mol. The number of benzene rings is 1. The highest BCUT2D eigenvalue weighted by Gasteiger charge is 2.03. The Morgan fingerprint density at radius 3 is 2.27 bits per heavy atom. The zero-order valence-electron chi connectivity index (χ0n) is 8.69. The van der Waals surface area contributed by atoms with Crippen molar-refractivity contribution in [1.29, 1.82) is 0 Å². The first-order valence-electron chi connectivity index (χ1n) is 4.37. The third-order valence-corrected chi connectivity index (χ3v) is 1.88. The van der Waals surface area contributed by atoms with Crippen LogP contribution in [0.25, 0.3) is 6.08 Å². The highest BCUT2D eigenvalue weighted by atomic mass is 16.5. The van der Waals surface area contributed by atoms with E-state index in [1.807, 2.05) is 0 Å². The van der Waals surface area contributed by atoms with Gasteiger partial charge < -0.3 is 15.2 Å². The number of hydrogen-bond acceptors (Lipinski definition) is 3. The molecule has 80 valence electrons. The van der Waals surface area contributed by atoms with Gasteiger partial charge in [0, 0.05) is 0 Å². The zero-order valence-corrected chi connectivity index (χ0v) is 8.69. The normalized spacial score (nSPS) is 10.9. The molecule has 0 aliphatic heterocycles. The number of amides is 1. The maximum absolute atomic E-state index is 10.9. The molecule has 1 rings (SSSR count). The molecule has 0 unspecified atom stereocenters. The van der Waals surface area contributed by atoms with Crippen molar-refractivity contribution in [3.8, 4) is 5.75 Å². The number of primary amides is 1. The molecule has 0 aliphatic rings. The van der Waals surface area contributed by atoms with Crippen LogP contribution in [-0.2, 0) is 9.53 Å². The lowest BCUT2D eigenvalue weighted by atomic mass is 10.2. The average molecular weight is 207 g/mol. The van der Waals surface area contributed by atoms with E-state index in [-0.39, 0.29) is 5.76 Å². The molecule has 0 fully saturated rings. The molecule has 1 amide bonds. The Morgan fingerprint density at radius 2 is 1.87 bits per heavy atom. The first-order chi connectivity index (χ1) is 7.17. The van der Waals surface area contributed by atoms with E-state index in [0.29, 0.717) is 0 Å². The van der Waals surface area contributed by atoms with Crippen LogP contribution in [0.5, 0.6) is 5.75 Å². The quantitative estimate of drug-likeness (QED) is 0.595. The van der Waals surface area contributed by atoms with Gasteiger partial charge in [-0.25, -0.2) is 0 Å². The largest absolute Gasteiger partial charge is 0.497 e. The summed E-state index contributed by atoms with van der Waals surface area (Å²) in [6, 6.07) is 7.20. The third-order valence-electron chi connectivity index (χ3n) is 1.88. The Labute approximate surface area is 88.3 Å². The summed E-state index contributed by atoms with van der Waals surface area (Å²) in [6.45, 7) is 0. The fourth-order valence-corrected chi connectivity index (χ4v) is 1.08. The highest BCUT2D eigenvalue weighted by molar-refractivity contribution is 5.94. The molecule has 0 radical (unpaired) electrons. The molecular formula is C11H13NO3. The topological polar surface area (TPSA) is 61.6 Å². The van der Waals surface area contributed by atoms with E-state index in [1.165, 1.54) is 7.11 Å². The van der Waals surface area contributed by atoms with Crippen molar-refractivity contribution in [2.75, 3.05) is 14.2 Å². The Kier molecular flexibility index (Phi) is 3.74. The maximum Gasteiger partial charge on any atom is 0.283 e. The lowest BCUT2D eigenvalue weighted by Crippen LogP contribution is -2.14. The number of rotatable bonds is 4. The summed E-state index contributed by atoms with van der Waals surface area (Å²) in [4.78, 5) is 10.9. The summed E-state index contributed by atoms with van der Waals surface area (Å²) in [5.41, 5.74) is 5.92. The molecule has 2 N–H and O–H groups in total. The Bertz CT molecular complexity index is 368. The van der Waals surface area contributed by atoms with Crippen LogP contribution in [0.4, 0.5) is 0 Å². The molecule has 0 saturated heterocycles. The molecule has 4 heteroatoms. The molecule has 0 atom stereocenters. The number of carbonyl (C=O) groups is 1. The van der Waals surface area contributed by atoms with E-state index < -0.39 is 5.91 Å². The zero-order chi connectivity index (χ0) is 11.3. The SMILES string of the molecule is COC(=Cc1ccc(OC)cc1)C(N)=O. The first kappa shape index (κ1) is 11.1. The Morgan fingerprint density at radius 1 is 1.27 bits per heavy atom. The van der Waals surface area contributed by atoms with Crippen molar-refractivity contribution >= 4 is 12.0 Å². The summed E-state index contributed by atoms with van der Waals surface area (Å²) in [6.07, 6.45) is 1.57. The van der Waals surface area contributed by atoms with Gasteiger partial charge in [0.25, 0.3) is 5.91 Å². The van der Waals surface area contributed by atoms with E-state index in [9.17, 15) is 4.79 Å². The summed E-state index contributed by atoms with van der Waals surface area (Å²) >= 11 is 0. The number of nitrogens with two attached hydrogens (primary N) is 1. The molecule has 1 aromatic carbocycles. The molecule has 0 aliphatic carbocycles. The maximum atomic E-state index is 10.9. The average Bonchev–Trinajstić information content (AvgIpc) is 2.26. The van der Waals surface area contributed by atoms with Crippen LogP contribution in [0.15, 0.2) is 30.0 Å². The van der Waals surface area contributed by atoms with E-state index in [1.54, 1.807) is 37.5 Å². The number of methoxy groups -OCH3 is 2. The summed E-state index contributed by atoms with van der Waals surface area (Å²) in [5, 5.41) is 0. The number of carbonyl (C=O) groups excluding carboxylic acids is 1. The fourth-order valence-electron chi connectivity index (χ4n) is 1.08. The van der Waals surface area contributed by atoms with E-state index >= 15 is 0 Å². The third kappa shape index (κ3) is 3.02. The van der Waals surface area contributed by atoms with Gasteiger partial charge in [0.2, 0.25) is 0 Å². The van der Waals surface area contributed by atoms with Gasteiger partial charge in [0.15, 0.2) is 5.76 Å². The van der Waals surface area contributed by atoms with E-state index in [2.05, 4.69) is 0 Å². The number of ether oxygens (including phenoxy) is 2. The molecule has 0 heterocycles. The van der Waals surface area contributed by atoms with Crippen LogP contribution in [0, 0.1) is 0 Å². The Balaban J connectivity index is 2.92. The second-order valence-corrected chi connectivity index (χ2v) is 2.85. The van der Waals surface area contributed by atoms with Crippen LogP contribution in [0.2, 0.25) is 0 Å². The van der Waals surface area contributed by atoms with E-state index in [0.717, 1.165) is 11.3 Å². The van der Waals surface area contributed by atoms with Gasteiger partial charge in [-0.15, -0.1) is 0 Å². The van der Waals surface area contributed by atoms with Crippen LogP contribution >= 0.6 is 0 Å². The van der Waals surface area contributed by atoms with Crippen molar-refractivity contribution in [2.24, 2.45) is 5.73 Å². The summed E-state index contributed by atoms with van der Waals surface area (Å²) in [5.74, 6) is 0.290. The van der Waals surface area contributed by atoms with Gasteiger partial charge in [-0.1, -0.05) is 12.1 Å². The standard InChI is InChI=1S/C11H13NO3/c1-14-9-5-3-8(4-6-9)7-10(15-2)11(12)13/h3-7H,1-2H3,(H2,12,13). The number of hydrogen-bond donors (Lipinski definition) is 1. The molecule has 0 saturated carbocycles. The van der Waals surface area contributed by atoms with Crippen molar-refractivity contribution in [3.63, 3.8) is 0 Å². The minimum absolute atomic E-state index is 0.125. The van der Waals surface area contributed by atoms with Crippen molar-refractivity contribution in [3.05, 3.63) is 35.6 Å². The second-order valence-electron chi connectivity index (χ2n) is 2.85. The monoisotopic (exact) mass is 207 g/mol.